The molecule has 74 heavy (non-hydrogen) atoms. The third-order valence-electron chi connectivity index (χ3n) is 14.4. The van der Waals surface area contributed by atoms with Crippen molar-refractivity contribution in [2.45, 2.75) is 118 Å². The number of aryl methyl sites for hydroxylation is 1. The zero-order valence-electron chi connectivity index (χ0n) is 41.4. The van der Waals surface area contributed by atoms with Gasteiger partial charge in [0.1, 0.15) is 7.05 Å². The van der Waals surface area contributed by atoms with Crippen LogP contribution < -0.4 is 4.90 Å². The van der Waals surface area contributed by atoms with E-state index in [1.807, 2.05) is 71.9 Å². The number of benzene rings is 3. The first-order valence-corrected chi connectivity index (χ1v) is 30.1. The SMILES string of the molecule is CN1C(=C/C=C2\CCCC(/C=C/C3=[N+](C)c4ccc(S(=O)(=O)O)cc4C3(C)CCCS(=O)(=O)O)=C2c2ccc(CCCCC(=O)ON3C(=O)CCC3=O)cc2)C(C)(CCCS(=O)(=O)O)c2cc(S(=O)(=O)O)ccc21. The minimum atomic E-state index is -4.62. The van der Waals surface area contributed by atoms with Crippen LogP contribution in [0.4, 0.5) is 11.4 Å². The molecule has 1 fully saturated rings. The molecule has 1 aliphatic carbocycles. The Morgan fingerprint density at radius 2 is 1.28 bits per heavy atom. The van der Waals surface area contributed by atoms with E-state index in [0.29, 0.717) is 77.5 Å². The van der Waals surface area contributed by atoms with E-state index in [1.54, 1.807) is 26.2 Å². The maximum atomic E-state index is 12.4. The van der Waals surface area contributed by atoms with Gasteiger partial charge < -0.3 is 9.74 Å². The minimum absolute atomic E-state index is 0.00220. The lowest BCUT2D eigenvalue weighted by molar-refractivity contribution is -0.401. The zero-order valence-corrected chi connectivity index (χ0v) is 44.6. The second-order valence-electron chi connectivity index (χ2n) is 19.5. The molecule has 0 bridgehead atoms. The summed E-state index contributed by atoms with van der Waals surface area (Å²) in [6.07, 6.45) is 11.7. The Kier molecular flexibility index (Phi) is 16.3. The normalized spacial score (nSPS) is 21.7. The van der Waals surface area contributed by atoms with Gasteiger partial charge in [-0.2, -0.15) is 38.2 Å². The van der Waals surface area contributed by atoms with Crippen LogP contribution in [-0.4, -0.2) is 111 Å². The van der Waals surface area contributed by atoms with Crippen LogP contribution >= 0.6 is 0 Å². The highest BCUT2D eigenvalue weighted by molar-refractivity contribution is 7.86. The van der Waals surface area contributed by atoms with Crippen LogP contribution in [0.25, 0.3) is 5.57 Å². The van der Waals surface area contributed by atoms with Crippen LogP contribution in [0.15, 0.2) is 112 Å². The number of likely N-dealkylation sites (N-methyl/N-ethyl adjacent to an activating group) is 1. The summed E-state index contributed by atoms with van der Waals surface area (Å²) < 4.78 is 138. The van der Waals surface area contributed by atoms with Gasteiger partial charge in [0.05, 0.1) is 26.7 Å². The van der Waals surface area contributed by atoms with Gasteiger partial charge in [-0.25, -0.2) is 4.79 Å². The number of imide groups is 1. The molecule has 3 heterocycles. The first-order valence-electron chi connectivity index (χ1n) is 24.0. The average Bonchev–Trinajstić information content (AvgIpc) is 3.82. The van der Waals surface area contributed by atoms with Crippen molar-refractivity contribution >= 4 is 80.9 Å². The van der Waals surface area contributed by atoms with Gasteiger partial charge in [0.25, 0.3) is 52.3 Å². The van der Waals surface area contributed by atoms with Gasteiger partial charge in [0.15, 0.2) is 5.71 Å². The number of carbonyl (C=O) groups excluding carboxylic acids is 3. The van der Waals surface area contributed by atoms with Gasteiger partial charge in [-0.1, -0.05) is 36.4 Å². The average molecular weight is 1100 g/mol. The Balaban J connectivity index is 1.28. The third kappa shape index (κ3) is 12.5. The molecule has 4 N–H and O–H groups in total. The fourth-order valence-corrected chi connectivity index (χ4v) is 12.7. The van der Waals surface area contributed by atoms with Crippen molar-refractivity contribution in [1.82, 2.24) is 5.06 Å². The number of rotatable bonds is 20. The van der Waals surface area contributed by atoms with Crippen LogP contribution in [-0.2, 0) is 76.9 Å². The zero-order chi connectivity index (χ0) is 54.2. The van der Waals surface area contributed by atoms with Crippen LogP contribution in [0.1, 0.15) is 113 Å². The van der Waals surface area contributed by atoms with Crippen LogP contribution in [0, 0.1) is 0 Å². The van der Waals surface area contributed by atoms with E-state index in [1.165, 1.54) is 24.3 Å². The van der Waals surface area contributed by atoms with Gasteiger partial charge in [-0.05, 0) is 148 Å². The highest BCUT2D eigenvalue weighted by Crippen LogP contribution is 2.51. The number of hydrogen-bond acceptors (Lipinski definition) is 13. The lowest BCUT2D eigenvalue weighted by Crippen LogP contribution is -2.31. The van der Waals surface area contributed by atoms with Gasteiger partial charge in [0, 0.05) is 60.8 Å². The van der Waals surface area contributed by atoms with Gasteiger partial charge >= 0.3 is 5.97 Å². The molecule has 3 aliphatic heterocycles. The Morgan fingerprint density at radius 1 is 0.703 bits per heavy atom. The molecule has 1 saturated heterocycles. The Labute approximate surface area is 431 Å². The molecule has 3 aromatic carbocycles. The van der Waals surface area contributed by atoms with E-state index < -0.39 is 80.6 Å². The predicted molar refractivity (Wildman–Crippen MR) is 275 cm³/mol. The molecule has 0 spiro atoms. The highest BCUT2D eigenvalue weighted by atomic mass is 32.2. The number of allylic oxidation sites excluding steroid dienone is 8. The molecule has 2 atom stereocenters. The summed E-state index contributed by atoms with van der Waals surface area (Å²) in [6, 6.07) is 16.4. The summed E-state index contributed by atoms with van der Waals surface area (Å²) in [5.41, 5.74) is 6.22. The molecule has 398 valence electrons. The van der Waals surface area contributed by atoms with Crippen molar-refractivity contribution in [3.05, 3.63) is 124 Å². The summed E-state index contributed by atoms with van der Waals surface area (Å²) in [7, 11) is -14.3. The van der Waals surface area contributed by atoms with Crippen molar-refractivity contribution in [3.63, 3.8) is 0 Å². The third-order valence-corrected chi connectivity index (χ3v) is 17.7. The first-order chi connectivity index (χ1) is 34.5. The fraction of sp³-hybridized carbons (Fsp3) is 0.412. The molecule has 2 unspecified atom stereocenters. The van der Waals surface area contributed by atoms with E-state index >= 15 is 0 Å². The van der Waals surface area contributed by atoms with Gasteiger partial charge in [-0.15, -0.1) is 5.06 Å². The van der Waals surface area contributed by atoms with Crippen LogP contribution in [0.5, 0.6) is 0 Å². The number of anilines is 1. The fourth-order valence-electron chi connectivity index (χ4n) is 10.7. The molecule has 23 heteroatoms. The van der Waals surface area contributed by atoms with Crippen molar-refractivity contribution in [2.75, 3.05) is 30.5 Å². The lowest BCUT2D eigenvalue weighted by atomic mass is 9.75. The molecule has 4 aliphatic rings. The molecular weight excluding hydrogens is 1040 g/mol. The standard InChI is InChI=1S/C51H59N3O16S4/c1-50(28-8-30-71(58,59)60)40-32-38(73(64,65)66)20-22-42(40)52(3)44(50)24-18-35-11-7-12-36(49(35)37-16-14-34(15-17-37)10-5-6-13-48(57)70-54-46(55)26-27-47(54)56)19-25-45-51(2,29-9-31-72(61,62)63)41-33-39(74(67,68)69)21-23-43(41)53(45)4/h14-25,32-33H,5-13,26-31H2,1-4H3,(H3-,58,59,60,61,62,63,64,65,66,67,68,69)/p+1. The maximum Gasteiger partial charge on any atom is 0.333 e. The van der Waals surface area contributed by atoms with E-state index in [-0.39, 0.29) is 54.7 Å². The molecule has 3 aromatic rings. The highest BCUT2D eigenvalue weighted by Gasteiger charge is 2.47. The largest absolute Gasteiger partial charge is 0.347 e. The van der Waals surface area contributed by atoms with Crippen LogP contribution in [0.3, 0.4) is 0 Å². The second-order valence-corrected chi connectivity index (χ2v) is 25.5. The number of carbonyl (C=O) groups is 3. The van der Waals surface area contributed by atoms with E-state index in [0.717, 1.165) is 27.8 Å². The number of unbranched alkanes of at least 4 members (excludes halogenated alkanes) is 1. The minimum Gasteiger partial charge on any atom is -0.347 e. The van der Waals surface area contributed by atoms with Crippen LogP contribution in [0.2, 0.25) is 0 Å². The molecule has 0 saturated carbocycles. The molecule has 19 nitrogen and oxygen atoms in total. The van der Waals surface area contributed by atoms with Gasteiger partial charge in [-0.3, -0.25) is 27.8 Å². The molecule has 0 radical (unpaired) electrons. The van der Waals surface area contributed by atoms with Crippen molar-refractivity contribution < 1.29 is 75.7 Å². The second kappa shape index (κ2) is 21.5. The molecular formula is C51H60N3O16S4+. The topological polar surface area (TPSA) is 287 Å². The van der Waals surface area contributed by atoms with Crippen molar-refractivity contribution in [3.8, 4) is 0 Å². The maximum absolute atomic E-state index is 12.4. The summed E-state index contributed by atoms with van der Waals surface area (Å²) in [5.74, 6) is -2.86. The Bertz CT molecular complexity index is 3400. The van der Waals surface area contributed by atoms with E-state index in [2.05, 4.69) is 0 Å². The van der Waals surface area contributed by atoms with Crippen molar-refractivity contribution in [1.29, 1.82) is 0 Å². The monoisotopic (exact) mass is 1100 g/mol. The Hall–Kier alpha value is -5.66. The van der Waals surface area contributed by atoms with Gasteiger partial charge in [0.2, 0.25) is 5.69 Å². The van der Waals surface area contributed by atoms with E-state index in [9.17, 15) is 66.3 Å². The predicted octanol–water partition coefficient (Wildman–Crippen LogP) is 7.23. The smallest absolute Gasteiger partial charge is 0.333 e. The summed E-state index contributed by atoms with van der Waals surface area (Å²) in [4.78, 5) is 42.4. The summed E-state index contributed by atoms with van der Waals surface area (Å²) in [6.45, 7) is 3.69. The number of fused-ring (bicyclic) bond motifs is 2. The molecule has 0 aromatic heterocycles. The molecule has 7 rings (SSSR count). The number of hydrogen-bond donors (Lipinski definition) is 4. The number of hydroxylamine groups is 2. The number of nitrogens with zero attached hydrogens (tertiary/aromatic N) is 3. The molecule has 2 amide bonds. The number of amides is 2. The quantitative estimate of drug-likeness (QED) is 0.0375. The first kappa shape index (κ1) is 56.1. The van der Waals surface area contributed by atoms with E-state index in [4.69, 9.17) is 4.84 Å². The lowest BCUT2D eigenvalue weighted by Gasteiger charge is -2.29. The Morgan fingerprint density at radius 3 is 1.88 bits per heavy atom. The summed E-state index contributed by atoms with van der Waals surface area (Å²) >= 11 is 0. The van der Waals surface area contributed by atoms with Crippen molar-refractivity contribution in [2.24, 2.45) is 0 Å². The summed E-state index contributed by atoms with van der Waals surface area (Å²) in [5, 5.41) is 0.529.